The molecule has 0 aliphatic heterocycles. The van der Waals surface area contributed by atoms with Crippen molar-refractivity contribution in [2.24, 2.45) is 0 Å². The van der Waals surface area contributed by atoms with E-state index in [9.17, 15) is 0 Å². The van der Waals surface area contributed by atoms with Gasteiger partial charge in [-0.1, -0.05) is 84.0 Å². The molecule has 0 aliphatic carbocycles. The Kier molecular flexibility index (Phi) is 16.8. The fraction of sp³-hybridized carbons (Fsp3) is 1.00. The molecule has 0 heterocycles. The van der Waals surface area contributed by atoms with Crippen molar-refractivity contribution < 1.29 is 0 Å². The molecule has 0 radical (unpaired) electrons. The van der Waals surface area contributed by atoms with E-state index in [0.717, 1.165) is 0 Å². The molecule has 0 fully saturated rings. The van der Waals surface area contributed by atoms with Crippen LogP contribution >= 0.6 is 8.07 Å². The zero-order valence-electron chi connectivity index (χ0n) is 13.8. The third kappa shape index (κ3) is 18.4. The van der Waals surface area contributed by atoms with Gasteiger partial charge in [0, 0.05) is 0 Å². The highest BCUT2D eigenvalue weighted by Crippen LogP contribution is 2.17. The molecule has 0 rings (SSSR count). The Bertz CT molecular complexity index is 159. The van der Waals surface area contributed by atoms with E-state index in [1.165, 1.54) is 90.0 Å². The van der Waals surface area contributed by atoms with Crippen molar-refractivity contribution in [3.05, 3.63) is 0 Å². The van der Waals surface area contributed by atoms with Gasteiger partial charge < -0.3 is 0 Å². The van der Waals surface area contributed by atoms with Crippen molar-refractivity contribution in [2.75, 3.05) is 19.9 Å². The van der Waals surface area contributed by atoms with Gasteiger partial charge in [-0.25, -0.2) is 0 Å². The van der Waals surface area contributed by atoms with Gasteiger partial charge in [-0.2, -0.15) is 0 Å². The quantitative estimate of drug-likeness (QED) is 0.274. The van der Waals surface area contributed by atoms with E-state index in [-0.39, 0.29) is 8.07 Å². The molecular weight excluding hydrogens is 249 g/mol. The molecule has 0 amide bonds. The van der Waals surface area contributed by atoms with Crippen LogP contribution in [0.1, 0.15) is 90.4 Å². The fourth-order valence-electron chi connectivity index (χ4n) is 2.45. The largest absolute Gasteiger partial charge is 0.296 e. The van der Waals surface area contributed by atoms with Gasteiger partial charge in [-0.05, 0) is 34.4 Å². The summed E-state index contributed by atoms with van der Waals surface area (Å²) < 4.78 is 0. The molecule has 0 bridgehead atoms. The lowest BCUT2D eigenvalue weighted by atomic mass is 10.0. The summed E-state index contributed by atoms with van der Waals surface area (Å²) in [5.74, 6) is 0. The zero-order valence-corrected chi connectivity index (χ0v) is 14.7. The molecule has 2 heteroatoms. The van der Waals surface area contributed by atoms with Crippen LogP contribution in [0.5, 0.6) is 0 Å². The first kappa shape index (κ1) is 19.4. The van der Waals surface area contributed by atoms with Gasteiger partial charge in [0.1, 0.15) is 0 Å². The summed E-state index contributed by atoms with van der Waals surface area (Å²) in [6.45, 7) is 8.10. The van der Waals surface area contributed by atoms with Gasteiger partial charge in [-0.3, -0.25) is 5.09 Å². The fourth-order valence-corrected chi connectivity index (χ4v) is 3.05. The molecule has 0 spiro atoms. The van der Waals surface area contributed by atoms with E-state index >= 15 is 0 Å². The Morgan fingerprint density at radius 1 is 0.579 bits per heavy atom. The summed E-state index contributed by atoms with van der Waals surface area (Å²) in [5.41, 5.74) is 0. The van der Waals surface area contributed by atoms with Gasteiger partial charge in [0.2, 0.25) is 0 Å². The Balaban J connectivity index is 2.91. The maximum absolute atomic E-state index is 3.55. The third-order valence-electron chi connectivity index (χ3n) is 3.71. The Labute approximate surface area is 124 Å². The zero-order chi connectivity index (χ0) is 14.2. The number of unbranched alkanes of at least 4 members (excludes halogenated alkanes) is 12. The predicted octanol–water partition coefficient (Wildman–Crippen LogP) is 6.32. The SMILES string of the molecule is CCCCCCCCCCCCCCCNP(C)C. The highest BCUT2D eigenvalue weighted by molar-refractivity contribution is 7.53. The predicted molar refractivity (Wildman–Crippen MR) is 92.5 cm³/mol. The molecule has 0 atom stereocenters. The van der Waals surface area contributed by atoms with E-state index in [4.69, 9.17) is 0 Å². The summed E-state index contributed by atoms with van der Waals surface area (Å²) in [6.07, 6.45) is 18.8. The average Bonchev–Trinajstić information content (AvgIpc) is 2.39. The lowest BCUT2D eigenvalue weighted by Crippen LogP contribution is -2.06. The molecule has 0 aromatic heterocycles. The lowest BCUT2D eigenvalue weighted by molar-refractivity contribution is 0.539. The van der Waals surface area contributed by atoms with Crippen molar-refractivity contribution in [2.45, 2.75) is 90.4 Å². The van der Waals surface area contributed by atoms with Crippen molar-refractivity contribution >= 4 is 8.07 Å². The number of hydrogen-bond donors (Lipinski definition) is 1. The highest BCUT2D eigenvalue weighted by atomic mass is 31.1. The summed E-state index contributed by atoms with van der Waals surface area (Å²) in [6, 6.07) is 0. The maximum Gasteiger partial charge on any atom is -0.00101 e. The smallest absolute Gasteiger partial charge is 0.00101 e. The van der Waals surface area contributed by atoms with Crippen molar-refractivity contribution in [3.8, 4) is 0 Å². The minimum Gasteiger partial charge on any atom is -0.296 e. The molecule has 1 nitrogen and oxygen atoms in total. The first-order chi connectivity index (χ1) is 9.27. The summed E-state index contributed by atoms with van der Waals surface area (Å²) in [4.78, 5) is 0. The second-order valence-electron chi connectivity index (χ2n) is 6.05. The molecule has 116 valence electrons. The van der Waals surface area contributed by atoms with Crippen LogP contribution in [-0.4, -0.2) is 19.9 Å². The van der Waals surface area contributed by atoms with Crippen LogP contribution in [0.2, 0.25) is 0 Å². The van der Waals surface area contributed by atoms with Gasteiger partial charge in [0.05, 0.1) is 0 Å². The second-order valence-corrected chi connectivity index (χ2v) is 8.15. The van der Waals surface area contributed by atoms with E-state index in [0.29, 0.717) is 0 Å². The minimum absolute atomic E-state index is 0.109. The lowest BCUT2D eigenvalue weighted by Gasteiger charge is -2.07. The van der Waals surface area contributed by atoms with Crippen molar-refractivity contribution in [1.29, 1.82) is 0 Å². The monoisotopic (exact) mass is 287 g/mol. The van der Waals surface area contributed by atoms with Gasteiger partial charge >= 0.3 is 0 Å². The molecular formula is C17H38NP. The van der Waals surface area contributed by atoms with Crippen LogP contribution in [-0.2, 0) is 0 Å². The number of nitrogens with one attached hydrogen (secondary N) is 1. The molecule has 0 saturated heterocycles. The molecule has 0 unspecified atom stereocenters. The second kappa shape index (κ2) is 16.4. The molecule has 1 N–H and O–H groups in total. The maximum atomic E-state index is 3.55. The first-order valence-corrected chi connectivity index (χ1v) is 10.9. The first-order valence-electron chi connectivity index (χ1n) is 8.68. The molecule has 0 aromatic carbocycles. The highest BCUT2D eigenvalue weighted by Gasteiger charge is 1.94. The third-order valence-corrected chi connectivity index (χ3v) is 4.56. The van der Waals surface area contributed by atoms with Gasteiger partial charge in [0.15, 0.2) is 0 Å². The van der Waals surface area contributed by atoms with E-state index < -0.39 is 0 Å². The van der Waals surface area contributed by atoms with Crippen LogP contribution in [0.15, 0.2) is 0 Å². The van der Waals surface area contributed by atoms with Crippen molar-refractivity contribution in [1.82, 2.24) is 5.09 Å². The standard InChI is InChI=1S/C17H38NP/c1-4-5-6-7-8-9-10-11-12-13-14-15-16-17-18-19(2)3/h18H,4-17H2,1-3H3. The minimum atomic E-state index is 0.109. The van der Waals surface area contributed by atoms with Gasteiger partial charge in [-0.15, -0.1) is 0 Å². The van der Waals surface area contributed by atoms with E-state index in [1.807, 2.05) is 0 Å². The van der Waals surface area contributed by atoms with Crippen LogP contribution in [0.3, 0.4) is 0 Å². The van der Waals surface area contributed by atoms with Crippen LogP contribution in [0.4, 0.5) is 0 Å². The topological polar surface area (TPSA) is 12.0 Å². The molecule has 0 saturated carbocycles. The Morgan fingerprint density at radius 3 is 1.32 bits per heavy atom. The van der Waals surface area contributed by atoms with E-state index in [2.05, 4.69) is 25.3 Å². The molecule has 0 aliphatic rings. The molecule has 19 heavy (non-hydrogen) atoms. The average molecular weight is 287 g/mol. The van der Waals surface area contributed by atoms with E-state index in [1.54, 1.807) is 0 Å². The normalized spacial score (nSPS) is 11.4. The summed E-state index contributed by atoms with van der Waals surface area (Å²) >= 11 is 0. The van der Waals surface area contributed by atoms with Crippen LogP contribution in [0.25, 0.3) is 0 Å². The summed E-state index contributed by atoms with van der Waals surface area (Å²) in [7, 11) is 0.109. The molecule has 0 aromatic rings. The van der Waals surface area contributed by atoms with Gasteiger partial charge in [0.25, 0.3) is 0 Å². The van der Waals surface area contributed by atoms with Crippen molar-refractivity contribution in [3.63, 3.8) is 0 Å². The Morgan fingerprint density at radius 2 is 0.947 bits per heavy atom. The summed E-state index contributed by atoms with van der Waals surface area (Å²) in [5, 5.41) is 3.55. The number of rotatable bonds is 15. The number of hydrogen-bond acceptors (Lipinski definition) is 1. The Hall–Kier alpha value is 0.390. The van der Waals surface area contributed by atoms with Crippen LogP contribution < -0.4 is 5.09 Å². The van der Waals surface area contributed by atoms with Crippen LogP contribution in [0, 0.1) is 0 Å².